The van der Waals surface area contributed by atoms with E-state index in [0.717, 1.165) is 16.9 Å². The van der Waals surface area contributed by atoms with E-state index in [1.54, 1.807) is 43.8 Å². The molecule has 1 amide bonds. The highest BCUT2D eigenvalue weighted by Gasteiger charge is 2.24. The lowest BCUT2D eigenvalue weighted by molar-refractivity contribution is 0.0738. The maximum Gasteiger partial charge on any atom is 0.258 e. The number of amides is 1. The molecule has 0 radical (unpaired) electrons. The first-order valence-electron chi connectivity index (χ1n) is 9.48. The Bertz CT molecular complexity index is 1030. The number of hydrogen-bond acceptors (Lipinski definition) is 5. The topological polar surface area (TPSA) is 64.6 Å². The molecule has 0 bridgehead atoms. The van der Waals surface area contributed by atoms with Crippen molar-refractivity contribution in [3.8, 4) is 22.6 Å². The summed E-state index contributed by atoms with van der Waals surface area (Å²) in [6.07, 6.45) is 3.18. The number of carbonyl (C=O) groups is 1. The van der Waals surface area contributed by atoms with E-state index in [1.807, 2.05) is 24.3 Å². The molecule has 1 aliphatic heterocycles. The Morgan fingerprint density at radius 1 is 1.15 bits per heavy atom. The number of rotatable bonds is 4. The highest BCUT2D eigenvalue weighted by atomic mass is 16.5. The van der Waals surface area contributed by atoms with Crippen LogP contribution in [-0.2, 0) is 6.54 Å². The van der Waals surface area contributed by atoms with Crippen molar-refractivity contribution in [3.05, 3.63) is 72.3 Å². The number of carbonyl (C=O) groups excluding carboxylic acids is 1. The third kappa shape index (κ3) is 3.60. The molecule has 1 aliphatic rings. The summed E-state index contributed by atoms with van der Waals surface area (Å²) in [5.74, 6) is 1.06. The van der Waals surface area contributed by atoms with Gasteiger partial charge in [-0.05, 0) is 41.5 Å². The summed E-state index contributed by atoms with van der Waals surface area (Å²) >= 11 is 0. The maximum absolute atomic E-state index is 13.2. The van der Waals surface area contributed by atoms with Gasteiger partial charge in [0.1, 0.15) is 23.9 Å². The molecule has 0 unspecified atom stereocenters. The van der Waals surface area contributed by atoms with E-state index < -0.39 is 6.56 Å². The molecular weight excluding hydrogens is 342 g/mol. The number of fused-ring (bicyclic) bond motifs is 1. The van der Waals surface area contributed by atoms with E-state index in [2.05, 4.69) is 9.97 Å². The Kier molecular flexibility index (Phi) is 4.06. The molecule has 0 saturated carbocycles. The lowest BCUT2D eigenvalue weighted by Gasteiger charge is -2.19. The number of nitrogens with zero attached hydrogens (tertiary/aromatic N) is 3. The van der Waals surface area contributed by atoms with Crippen LogP contribution in [0.1, 0.15) is 18.9 Å². The van der Waals surface area contributed by atoms with E-state index in [1.165, 1.54) is 4.90 Å². The predicted octanol–water partition coefficient (Wildman–Crippen LogP) is 3.19. The van der Waals surface area contributed by atoms with Crippen molar-refractivity contribution in [2.24, 2.45) is 0 Å². The smallest absolute Gasteiger partial charge is 0.258 e. The van der Waals surface area contributed by atoms with Gasteiger partial charge in [0.05, 0.1) is 28.5 Å². The first-order chi connectivity index (χ1) is 13.9. The van der Waals surface area contributed by atoms with E-state index in [4.69, 9.17) is 12.2 Å². The molecule has 1 aromatic heterocycles. The number of ether oxygens (including phenoxy) is 2. The molecule has 0 fully saturated rings. The average Bonchev–Trinajstić information content (AvgIpc) is 2.82. The van der Waals surface area contributed by atoms with Gasteiger partial charge in [0, 0.05) is 12.4 Å². The maximum atomic E-state index is 13.2. The van der Waals surface area contributed by atoms with Crippen LogP contribution in [0.2, 0.25) is 0 Å². The molecular formula is C21H19N3O3. The zero-order chi connectivity index (χ0) is 20.4. The van der Waals surface area contributed by atoms with E-state index in [-0.39, 0.29) is 24.7 Å². The van der Waals surface area contributed by atoms with Gasteiger partial charge in [-0.25, -0.2) is 9.97 Å². The lowest BCUT2D eigenvalue weighted by Crippen LogP contribution is -2.32. The van der Waals surface area contributed by atoms with Crippen LogP contribution in [0.15, 0.2) is 60.9 Å². The minimum Gasteiger partial charge on any atom is -0.497 e. The molecule has 27 heavy (non-hydrogen) atoms. The van der Waals surface area contributed by atoms with Crippen molar-refractivity contribution >= 4 is 5.91 Å². The molecule has 0 spiro atoms. The second-order valence-corrected chi connectivity index (χ2v) is 6.01. The lowest BCUT2D eigenvalue weighted by atomic mass is 10.0. The number of aromatic nitrogens is 2. The van der Waals surface area contributed by atoms with Crippen LogP contribution in [0.5, 0.6) is 11.5 Å². The fraction of sp³-hybridized carbons (Fsp3) is 0.190. The van der Waals surface area contributed by atoms with Crippen LogP contribution in [-0.4, -0.2) is 41.0 Å². The van der Waals surface area contributed by atoms with Crippen molar-refractivity contribution in [2.45, 2.75) is 6.54 Å². The first-order valence-corrected chi connectivity index (χ1v) is 8.48. The summed E-state index contributed by atoms with van der Waals surface area (Å²) in [6.45, 7) is -2.16. The first kappa shape index (κ1) is 14.7. The van der Waals surface area contributed by atoms with Crippen molar-refractivity contribution in [1.29, 1.82) is 0 Å². The van der Waals surface area contributed by atoms with E-state index >= 15 is 0 Å². The van der Waals surface area contributed by atoms with Crippen LogP contribution in [0.25, 0.3) is 11.1 Å². The van der Waals surface area contributed by atoms with Crippen molar-refractivity contribution in [3.63, 3.8) is 0 Å². The fourth-order valence-corrected chi connectivity index (χ4v) is 2.89. The van der Waals surface area contributed by atoms with Gasteiger partial charge in [-0.2, -0.15) is 0 Å². The van der Waals surface area contributed by atoms with Gasteiger partial charge in [0.25, 0.3) is 5.91 Å². The fourth-order valence-electron chi connectivity index (χ4n) is 2.89. The third-order valence-electron chi connectivity index (χ3n) is 4.31. The molecule has 0 aliphatic carbocycles. The van der Waals surface area contributed by atoms with Gasteiger partial charge in [-0.3, -0.25) is 4.79 Å². The molecule has 136 valence electrons. The molecule has 4 rings (SSSR count). The second kappa shape index (κ2) is 7.45. The largest absolute Gasteiger partial charge is 0.497 e. The Morgan fingerprint density at radius 3 is 2.63 bits per heavy atom. The number of hydrogen-bond donors (Lipinski definition) is 0. The van der Waals surface area contributed by atoms with Gasteiger partial charge >= 0.3 is 0 Å². The molecule has 3 aromatic rings. The van der Waals surface area contributed by atoms with Crippen LogP contribution in [0.4, 0.5) is 0 Å². The van der Waals surface area contributed by atoms with Crippen LogP contribution in [0.3, 0.4) is 0 Å². The number of benzene rings is 2. The summed E-state index contributed by atoms with van der Waals surface area (Å²) in [4.78, 5) is 22.9. The van der Waals surface area contributed by atoms with Crippen molar-refractivity contribution in [1.82, 2.24) is 14.9 Å². The van der Waals surface area contributed by atoms with Crippen LogP contribution in [0, 0.1) is 0 Å². The molecule has 0 atom stereocenters. The molecule has 2 heterocycles. The van der Waals surface area contributed by atoms with Crippen LogP contribution >= 0.6 is 0 Å². The second-order valence-electron chi connectivity index (χ2n) is 6.01. The van der Waals surface area contributed by atoms with Gasteiger partial charge in [-0.15, -0.1) is 0 Å². The minimum absolute atomic E-state index is 0.0920. The van der Waals surface area contributed by atoms with E-state index in [0.29, 0.717) is 11.4 Å². The highest BCUT2D eigenvalue weighted by Crippen LogP contribution is 2.30. The minimum atomic E-state index is -2.03. The molecule has 0 N–H and O–H groups in total. The summed E-state index contributed by atoms with van der Waals surface area (Å²) in [5, 5.41) is 0. The van der Waals surface area contributed by atoms with Gasteiger partial charge in [0.2, 0.25) is 0 Å². The number of methoxy groups -OCH3 is 1. The Labute approximate surface area is 160 Å². The zero-order valence-electron chi connectivity index (χ0n) is 16.8. The van der Waals surface area contributed by atoms with Gasteiger partial charge in [-0.1, -0.05) is 18.2 Å². The standard InChI is InChI=1S/C21H19N3O3/c1-26-17-6-3-15(4-7-17)16-5-8-19-18(13-16)21(25)24(11-12-27-19)14-20-22-9-2-10-23-20/h2-10,13H,11-12,14H2,1H3/i12D2. The zero-order valence-corrected chi connectivity index (χ0v) is 14.8. The quantitative estimate of drug-likeness (QED) is 0.712. The molecule has 6 heteroatoms. The molecule has 0 saturated heterocycles. The summed E-state index contributed by atoms with van der Waals surface area (Å²) in [7, 11) is 1.60. The predicted molar refractivity (Wildman–Crippen MR) is 101 cm³/mol. The molecule has 6 nitrogen and oxygen atoms in total. The highest BCUT2D eigenvalue weighted by molar-refractivity contribution is 5.98. The van der Waals surface area contributed by atoms with Crippen molar-refractivity contribution in [2.75, 3.05) is 20.2 Å². The summed E-state index contributed by atoms with van der Waals surface area (Å²) in [5.41, 5.74) is 2.03. The third-order valence-corrected chi connectivity index (χ3v) is 4.31. The summed E-state index contributed by atoms with van der Waals surface area (Å²) in [6, 6.07) is 14.3. The summed E-state index contributed by atoms with van der Waals surface area (Å²) < 4.78 is 27.0. The Balaban J connectivity index is 1.71. The normalized spacial score (nSPS) is 16.5. The van der Waals surface area contributed by atoms with Gasteiger partial charge in [0.15, 0.2) is 0 Å². The van der Waals surface area contributed by atoms with Crippen molar-refractivity contribution < 1.29 is 17.0 Å². The molecule has 2 aromatic carbocycles. The Morgan fingerprint density at radius 2 is 1.89 bits per heavy atom. The van der Waals surface area contributed by atoms with Gasteiger partial charge < -0.3 is 14.4 Å². The monoisotopic (exact) mass is 363 g/mol. The Hall–Kier alpha value is -3.41. The van der Waals surface area contributed by atoms with E-state index in [9.17, 15) is 4.79 Å². The SMILES string of the molecule is [2H]C1([2H])CN(Cc2ncccn2)C(=O)c2cc(-c3ccc(OC)cc3)ccc2O1. The van der Waals surface area contributed by atoms with Crippen LogP contribution < -0.4 is 9.47 Å². The average molecular weight is 363 g/mol.